The van der Waals surface area contributed by atoms with Crippen LogP contribution in [0.25, 0.3) is 0 Å². The van der Waals surface area contributed by atoms with Crippen molar-refractivity contribution in [2.24, 2.45) is 10.9 Å². The van der Waals surface area contributed by atoms with Gasteiger partial charge in [-0.25, -0.2) is 0 Å². The fourth-order valence-electron chi connectivity index (χ4n) is 2.55. The number of guanidine groups is 1. The van der Waals surface area contributed by atoms with Crippen LogP contribution < -0.4 is 10.6 Å². The normalized spacial score (nSPS) is 16.8. The summed E-state index contributed by atoms with van der Waals surface area (Å²) in [5.41, 5.74) is 0. The average molecular weight is 436 g/mol. The number of likely N-dealkylation sites (tertiary alicyclic amines) is 1. The number of piperidine rings is 1. The van der Waals surface area contributed by atoms with E-state index in [4.69, 9.17) is 0 Å². The van der Waals surface area contributed by atoms with E-state index in [-0.39, 0.29) is 24.0 Å². The van der Waals surface area contributed by atoms with Crippen LogP contribution in [0.3, 0.4) is 0 Å². The second-order valence-electron chi connectivity index (χ2n) is 5.41. The van der Waals surface area contributed by atoms with Gasteiger partial charge in [0.25, 0.3) is 0 Å². The summed E-state index contributed by atoms with van der Waals surface area (Å²) in [5, 5.41) is 6.32. The Morgan fingerprint density at radius 1 is 1.14 bits per heavy atom. The van der Waals surface area contributed by atoms with Crippen molar-refractivity contribution < 1.29 is 13.2 Å². The van der Waals surface area contributed by atoms with Crippen molar-refractivity contribution >= 4 is 29.9 Å². The van der Waals surface area contributed by atoms with Gasteiger partial charge in [0, 0.05) is 19.6 Å². The minimum atomic E-state index is -4.08. The number of hydrogen-bond acceptors (Lipinski definition) is 2. The summed E-state index contributed by atoms with van der Waals surface area (Å²) in [5.74, 6) is 1.30. The molecule has 1 fully saturated rings. The molecule has 0 aromatic heterocycles. The predicted molar refractivity (Wildman–Crippen MR) is 94.9 cm³/mol. The molecule has 0 radical (unpaired) electrons. The zero-order valence-corrected chi connectivity index (χ0v) is 15.7. The van der Waals surface area contributed by atoms with Crippen molar-refractivity contribution in [1.82, 2.24) is 15.5 Å². The minimum absolute atomic E-state index is 0. The van der Waals surface area contributed by atoms with Crippen LogP contribution in [0, 0.1) is 5.92 Å². The Kier molecular flexibility index (Phi) is 11.2. The molecule has 0 amide bonds. The third kappa shape index (κ3) is 9.70. The van der Waals surface area contributed by atoms with Crippen molar-refractivity contribution in [2.75, 3.05) is 39.3 Å². The lowest BCUT2D eigenvalue weighted by molar-refractivity contribution is -0.148. The topological polar surface area (TPSA) is 39.7 Å². The van der Waals surface area contributed by atoms with E-state index in [1.165, 1.54) is 4.90 Å². The van der Waals surface area contributed by atoms with Gasteiger partial charge < -0.3 is 10.6 Å². The first-order chi connectivity index (χ1) is 9.94. The Hall–Kier alpha value is -0.250. The molecule has 0 aliphatic carbocycles. The maximum Gasteiger partial charge on any atom is 0.401 e. The maximum absolute atomic E-state index is 12.3. The summed E-state index contributed by atoms with van der Waals surface area (Å²) in [4.78, 5) is 5.98. The molecule has 8 heteroatoms. The number of nitrogens with zero attached hydrogens (tertiary/aromatic N) is 2. The molecule has 0 aromatic rings. The van der Waals surface area contributed by atoms with Gasteiger partial charge >= 0.3 is 6.18 Å². The lowest BCUT2D eigenvalue weighted by Crippen LogP contribution is -2.40. The van der Waals surface area contributed by atoms with Gasteiger partial charge in [-0.15, -0.1) is 24.0 Å². The third-order valence-electron chi connectivity index (χ3n) is 3.61. The first kappa shape index (κ1) is 21.8. The SMILES string of the molecule is CCNC(=NCCC1CCN(CC(F)(F)F)CC1)NCC.I. The Bertz CT molecular complexity index is 308. The van der Waals surface area contributed by atoms with Crippen LogP contribution in [0.5, 0.6) is 0 Å². The molecule has 0 atom stereocenters. The van der Waals surface area contributed by atoms with Gasteiger partial charge in [-0.2, -0.15) is 13.2 Å². The molecular weight excluding hydrogens is 408 g/mol. The molecule has 1 saturated heterocycles. The smallest absolute Gasteiger partial charge is 0.357 e. The zero-order valence-electron chi connectivity index (χ0n) is 13.4. The van der Waals surface area contributed by atoms with Crippen molar-refractivity contribution in [3.05, 3.63) is 0 Å². The van der Waals surface area contributed by atoms with E-state index >= 15 is 0 Å². The van der Waals surface area contributed by atoms with Crippen LogP contribution in [0.1, 0.15) is 33.1 Å². The molecule has 0 bridgehead atoms. The van der Waals surface area contributed by atoms with Crippen molar-refractivity contribution in [1.29, 1.82) is 0 Å². The molecule has 0 aromatic carbocycles. The number of rotatable bonds is 6. The monoisotopic (exact) mass is 436 g/mol. The second-order valence-corrected chi connectivity index (χ2v) is 5.41. The van der Waals surface area contributed by atoms with Gasteiger partial charge in [-0.1, -0.05) is 0 Å². The molecule has 0 unspecified atom stereocenters. The predicted octanol–water partition coefficient (Wildman–Crippen LogP) is 2.84. The summed E-state index contributed by atoms with van der Waals surface area (Å²) in [7, 11) is 0. The van der Waals surface area contributed by atoms with E-state index in [0.717, 1.165) is 44.9 Å². The van der Waals surface area contributed by atoms with Gasteiger partial charge in [0.1, 0.15) is 0 Å². The Morgan fingerprint density at radius 2 is 1.68 bits per heavy atom. The van der Waals surface area contributed by atoms with E-state index in [1.807, 2.05) is 13.8 Å². The fourth-order valence-corrected chi connectivity index (χ4v) is 2.55. The van der Waals surface area contributed by atoms with Gasteiger partial charge in [0.15, 0.2) is 5.96 Å². The second kappa shape index (κ2) is 11.3. The molecule has 0 saturated carbocycles. The van der Waals surface area contributed by atoms with Gasteiger partial charge in [-0.05, 0) is 52.1 Å². The fraction of sp³-hybridized carbons (Fsp3) is 0.929. The average Bonchev–Trinajstić information content (AvgIpc) is 2.39. The number of hydrogen-bond donors (Lipinski definition) is 2. The summed E-state index contributed by atoms with van der Waals surface area (Å²) in [6.07, 6.45) is -1.46. The Balaban J connectivity index is 0.00000441. The van der Waals surface area contributed by atoms with E-state index in [0.29, 0.717) is 19.0 Å². The zero-order chi connectivity index (χ0) is 15.7. The largest absolute Gasteiger partial charge is 0.401 e. The third-order valence-corrected chi connectivity index (χ3v) is 3.61. The molecule has 2 N–H and O–H groups in total. The summed E-state index contributed by atoms with van der Waals surface area (Å²) < 4.78 is 36.9. The van der Waals surface area contributed by atoms with Crippen LogP contribution in [0.4, 0.5) is 13.2 Å². The Labute approximate surface area is 148 Å². The highest BCUT2D eigenvalue weighted by atomic mass is 127. The Morgan fingerprint density at radius 3 is 2.14 bits per heavy atom. The van der Waals surface area contributed by atoms with Crippen LogP contribution in [-0.4, -0.2) is 56.3 Å². The van der Waals surface area contributed by atoms with Gasteiger partial charge in [0.05, 0.1) is 6.54 Å². The molecule has 1 rings (SSSR count). The van der Waals surface area contributed by atoms with Crippen LogP contribution in [-0.2, 0) is 0 Å². The quantitative estimate of drug-likeness (QED) is 0.382. The number of halogens is 4. The van der Waals surface area contributed by atoms with Crippen LogP contribution in [0.15, 0.2) is 4.99 Å². The van der Waals surface area contributed by atoms with Gasteiger partial charge in [0.2, 0.25) is 0 Å². The number of alkyl halides is 3. The molecular formula is C14H28F3IN4. The molecule has 22 heavy (non-hydrogen) atoms. The van der Waals surface area contributed by atoms with Crippen LogP contribution >= 0.6 is 24.0 Å². The lowest BCUT2D eigenvalue weighted by atomic mass is 9.93. The van der Waals surface area contributed by atoms with Crippen molar-refractivity contribution in [3.8, 4) is 0 Å². The van der Waals surface area contributed by atoms with Gasteiger partial charge in [-0.3, -0.25) is 9.89 Å². The first-order valence-electron chi connectivity index (χ1n) is 7.76. The first-order valence-corrected chi connectivity index (χ1v) is 7.76. The molecule has 1 heterocycles. The van der Waals surface area contributed by atoms with Crippen molar-refractivity contribution in [3.63, 3.8) is 0 Å². The molecule has 1 aliphatic rings. The number of aliphatic imine (C=N–C) groups is 1. The highest BCUT2D eigenvalue weighted by molar-refractivity contribution is 14.0. The highest BCUT2D eigenvalue weighted by Gasteiger charge is 2.32. The highest BCUT2D eigenvalue weighted by Crippen LogP contribution is 2.24. The van der Waals surface area contributed by atoms with E-state index < -0.39 is 12.7 Å². The van der Waals surface area contributed by atoms with Crippen molar-refractivity contribution in [2.45, 2.75) is 39.3 Å². The maximum atomic E-state index is 12.3. The van der Waals surface area contributed by atoms with Crippen LogP contribution in [0.2, 0.25) is 0 Å². The molecule has 0 spiro atoms. The lowest BCUT2D eigenvalue weighted by Gasteiger charge is -2.32. The molecule has 4 nitrogen and oxygen atoms in total. The minimum Gasteiger partial charge on any atom is -0.357 e. The van der Waals surface area contributed by atoms with E-state index in [1.54, 1.807) is 0 Å². The van der Waals surface area contributed by atoms with E-state index in [2.05, 4.69) is 15.6 Å². The summed E-state index contributed by atoms with van der Waals surface area (Å²) in [6.45, 7) is 6.71. The summed E-state index contributed by atoms with van der Waals surface area (Å²) >= 11 is 0. The molecule has 1 aliphatic heterocycles. The standard InChI is InChI=1S/C14H27F3N4.HI/c1-3-18-13(19-4-2)20-8-5-12-6-9-21(10-7-12)11-14(15,16)17;/h12H,3-11H2,1-2H3,(H2,18,19,20);1H. The molecule has 132 valence electrons. The van der Waals surface area contributed by atoms with E-state index in [9.17, 15) is 13.2 Å². The summed E-state index contributed by atoms with van der Waals surface area (Å²) in [6, 6.07) is 0. The number of nitrogens with one attached hydrogen (secondary N) is 2.